The van der Waals surface area contributed by atoms with Crippen LogP contribution in [0.4, 0.5) is 0 Å². The van der Waals surface area contributed by atoms with Crippen LogP contribution < -0.4 is 4.72 Å². The number of nitrogens with zero attached hydrogens (tertiary/aromatic N) is 2. The highest BCUT2D eigenvalue weighted by Gasteiger charge is 2.25. The largest absolute Gasteiger partial charge is 0.288 e. The van der Waals surface area contributed by atoms with Crippen molar-refractivity contribution < 1.29 is 8.42 Å². The van der Waals surface area contributed by atoms with Gasteiger partial charge in [-0.1, -0.05) is 17.7 Å². The molecule has 1 unspecified atom stereocenters. The lowest BCUT2D eigenvalue weighted by Crippen LogP contribution is -2.35. The van der Waals surface area contributed by atoms with Crippen LogP contribution in [0.3, 0.4) is 0 Å². The highest BCUT2D eigenvalue weighted by atomic mass is 35.5. The number of imidazole rings is 1. The van der Waals surface area contributed by atoms with Gasteiger partial charge < -0.3 is 0 Å². The lowest BCUT2D eigenvalue weighted by atomic mass is 10.4. The molecule has 0 radical (unpaired) electrons. The number of sulfonamides is 1. The Morgan fingerprint density at radius 1 is 1.53 bits per heavy atom. The first-order valence-electron chi connectivity index (χ1n) is 5.59. The van der Waals surface area contributed by atoms with Crippen molar-refractivity contribution in [2.45, 2.75) is 18.0 Å². The summed E-state index contributed by atoms with van der Waals surface area (Å²) in [7, 11) is -3.69. The van der Waals surface area contributed by atoms with E-state index in [0.29, 0.717) is 11.4 Å². The molecular formula is C11H14ClN3O2S2. The van der Waals surface area contributed by atoms with E-state index < -0.39 is 10.0 Å². The van der Waals surface area contributed by atoms with Crippen LogP contribution in [0.2, 0.25) is 5.15 Å². The van der Waals surface area contributed by atoms with Gasteiger partial charge in [0.1, 0.15) is 5.65 Å². The first-order chi connectivity index (χ1) is 8.95. The minimum absolute atomic E-state index is 0.0160. The maximum absolute atomic E-state index is 12.3. The van der Waals surface area contributed by atoms with Gasteiger partial charge in [-0.15, -0.1) is 0 Å². The zero-order chi connectivity index (χ0) is 14.0. The maximum Gasteiger partial charge on any atom is 0.260 e. The third-order valence-corrected chi connectivity index (χ3v) is 5.29. The van der Waals surface area contributed by atoms with Crippen LogP contribution in [0.5, 0.6) is 0 Å². The van der Waals surface area contributed by atoms with Crippen molar-refractivity contribution in [3.63, 3.8) is 0 Å². The van der Waals surface area contributed by atoms with Gasteiger partial charge in [0.25, 0.3) is 10.0 Å². The highest BCUT2D eigenvalue weighted by Crippen LogP contribution is 2.22. The first kappa shape index (κ1) is 14.6. The molecule has 8 heteroatoms. The fourth-order valence-electron chi connectivity index (χ4n) is 1.79. The molecule has 2 rings (SSSR count). The molecule has 1 N–H and O–H groups in total. The standard InChI is InChI=1S/C11H14ClN3O2S2/c1-8(7-18-2)14-19(16,17)11-10(12)13-9-5-3-4-6-15(9)11/h3-6,8,14H,7H2,1-2H3. The molecule has 0 amide bonds. The van der Waals surface area contributed by atoms with E-state index in [1.807, 2.05) is 13.2 Å². The summed E-state index contributed by atoms with van der Waals surface area (Å²) in [6.07, 6.45) is 3.55. The molecule has 2 heterocycles. The van der Waals surface area contributed by atoms with E-state index in [-0.39, 0.29) is 16.2 Å². The van der Waals surface area contributed by atoms with Gasteiger partial charge in [0.2, 0.25) is 0 Å². The van der Waals surface area contributed by atoms with Crippen LogP contribution in [0, 0.1) is 0 Å². The van der Waals surface area contributed by atoms with E-state index >= 15 is 0 Å². The van der Waals surface area contributed by atoms with Crippen molar-refractivity contribution in [1.82, 2.24) is 14.1 Å². The number of nitrogens with one attached hydrogen (secondary N) is 1. The molecule has 104 valence electrons. The molecule has 2 aromatic heterocycles. The number of hydrogen-bond donors (Lipinski definition) is 1. The maximum atomic E-state index is 12.3. The molecule has 2 aromatic rings. The Labute approximate surface area is 121 Å². The normalized spacial score (nSPS) is 13.8. The van der Waals surface area contributed by atoms with Gasteiger partial charge in [-0.05, 0) is 25.3 Å². The summed E-state index contributed by atoms with van der Waals surface area (Å²) in [6, 6.07) is 5.04. The van der Waals surface area contributed by atoms with Crippen LogP contribution in [-0.2, 0) is 10.0 Å². The molecule has 1 atom stereocenters. The number of fused-ring (bicyclic) bond motifs is 1. The van der Waals surface area contributed by atoms with Crippen molar-refractivity contribution in [2.24, 2.45) is 0 Å². The van der Waals surface area contributed by atoms with Crippen LogP contribution in [0.25, 0.3) is 5.65 Å². The molecule has 0 aliphatic carbocycles. The summed E-state index contributed by atoms with van der Waals surface area (Å²) in [4.78, 5) is 4.04. The number of pyridine rings is 1. The molecule has 5 nitrogen and oxygen atoms in total. The number of thioether (sulfide) groups is 1. The van der Waals surface area contributed by atoms with E-state index in [0.717, 1.165) is 0 Å². The van der Waals surface area contributed by atoms with Crippen molar-refractivity contribution in [3.8, 4) is 0 Å². The Hall–Kier alpha value is -0.760. The van der Waals surface area contributed by atoms with Gasteiger partial charge in [-0.2, -0.15) is 11.8 Å². The minimum atomic E-state index is -3.69. The van der Waals surface area contributed by atoms with E-state index in [4.69, 9.17) is 11.6 Å². The Bertz CT molecular complexity index is 684. The average molecular weight is 320 g/mol. The zero-order valence-corrected chi connectivity index (χ0v) is 12.9. The molecule has 0 saturated heterocycles. The first-order valence-corrected chi connectivity index (χ1v) is 8.85. The Morgan fingerprint density at radius 2 is 2.26 bits per heavy atom. The fraction of sp³-hybridized carbons (Fsp3) is 0.364. The summed E-state index contributed by atoms with van der Waals surface area (Å²) < 4.78 is 28.8. The molecule has 0 fully saturated rings. The molecule has 19 heavy (non-hydrogen) atoms. The van der Waals surface area contributed by atoms with Crippen molar-refractivity contribution in [2.75, 3.05) is 12.0 Å². The average Bonchev–Trinajstić information content (AvgIpc) is 2.64. The monoisotopic (exact) mass is 319 g/mol. The summed E-state index contributed by atoms with van der Waals surface area (Å²) in [5.41, 5.74) is 0.505. The minimum Gasteiger partial charge on any atom is -0.288 e. The van der Waals surface area contributed by atoms with Crippen LogP contribution in [0.15, 0.2) is 29.4 Å². The second-order valence-electron chi connectivity index (χ2n) is 4.11. The lowest BCUT2D eigenvalue weighted by molar-refractivity contribution is 0.566. The van der Waals surface area contributed by atoms with Crippen molar-refractivity contribution in [1.29, 1.82) is 0 Å². The molecule has 0 saturated carbocycles. The topological polar surface area (TPSA) is 63.5 Å². The van der Waals surface area contributed by atoms with E-state index in [1.165, 1.54) is 4.40 Å². The molecular weight excluding hydrogens is 306 g/mol. The fourth-order valence-corrected chi connectivity index (χ4v) is 4.37. The lowest BCUT2D eigenvalue weighted by Gasteiger charge is -2.12. The highest BCUT2D eigenvalue weighted by molar-refractivity contribution is 7.98. The third kappa shape index (κ3) is 3.05. The van der Waals surface area contributed by atoms with Crippen molar-refractivity contribution in [3.05, 3.63) is 29.5 Å². The summed E-state index contributed by atoms with van der Waals surface area (Å²) in [5, 5.41) is -0.0345. The Morgan fingerprint density at radius 3 is 2.95 bits per heavy atom. The van der Waals surface area contributed by atoms with Crippen molar-refractivity contribution >= 4 is 39.0 Å². The summed E-state index contributed by atoms with van der Waals surface area (Å²) >= 11 is 7.53. The van der Waals surface area contributed by atoms with Gasteiger partial charge in [0.15, 0.2) is 10.2 Å². The molecule has 0 bridgehead atoms. The van der Waals surface area contributed by atoms with Gasteiger partial charge in [0.05, 0.1) is 0 Å². The summed E-state index contributed by atoms with van der Waals surface area (Å²) in [5.74, 6) is 0.688. The van der Waals surface area contributed by atoms with Crippen LogP contribution >= 0.6 is 23.4 Å². The quantitative estimate of drug-likeness (QED) is 0.915. The van der Waals surface area contributed by atoms with Crippen LogP contribution in [0.1, 0.15) is 6.92 Å². The third-order valence-electron chi connectivity index (χ3n) is 2.47. The second-order valence-corrected chi connectivity index (χ2v) is 7.01. The van der Waals surface area contributed by atoms with E-state index in [9.17, 15) is 8.42 Å². The number of rotatable bonds is 5. The Balaban J connectivity index is 2.46. The van der Waals surface area contributed by atoms with Gasteiger partial charge in [0, 0.05) is 18.0 Å². The molecule has 0 spiro atoms. The van der Waals surface area contributed by atoms with Crippen LogP contribution in [-0.4, -0.2) is 35.9 Å². The predicted octanol–water partition coefficient (Wildman–Crippen LogP) is 2.02. The SMILES string of the molecule is CSCC(C)NS(=O)(=O)c1c(Cl)nc2ccccn12. The molecule has 0 aliphatic rings. The molecule has 0 aromatic carbocycles. The number of aromatic nitrogens is 2. The van der Waals surface area contributed by atoms with Gasteiger partial charge in [-0.25, -0.2) is 18.1 Å². The molecule has 0 aliphatic heterocycles. The predicted molar refractivity (Wildman–Crippen MR) is 78.4 cm³/mol. The van der Waals surface area contributed by atoms with E-state index in [2.05, 4.69) is 9.71 Å². The second kappa shape index (κ2) is 5.70. The van der Waals surface area contributed by atoms with Gasteiger partial charge in [-0.3, -0.25) is 4.40 Å². The number of hydrogen-bond acceptors (Lipinski definition) is 4. The smallest absolute Gasteiger partial charge is 0.260 e. The van der Waals surface area contributed by atoms with Gasteiger partial charge >= 0.3 is 0 Å². The summed E-state index contributed by atoms with van der Waals surface area (Å²) in [6.45, 7) is 1.81. The Kier molecular flexibility index (Phi) is 4.39. The van der Waals surface area contributed by atoms with E-state index in [1.54, 1.807) is 36.2 Å². The number of halogens is 1. The zero-order valence-electron chi connectivity index (χ0n) is 10.5.